The molecule has 0 aliphatic carbocycles. The van der Waals surface area contributed by atoms with Crippen LogP contribution in [0.5, 0.6) is 0 Å². The highest BCUT2D eigenvalue weighted by Crippen LogP contribution is 2.26. The van der Waals surface area contributed by atoms with E-state index in [9.17, 15) is 4.79 Å². The standard InChI is InChI=1S/C25H29N3O/c26-27-18-17-20-11-14-24(15-12-20)28-25(29)16-13-23(22-9-5-2-6-10-22)19-21-7-3-1-4-8-21/h1-12,14-15,23,27H,13,16-19,26H2,(H,28,29). The van der Waals surface area contributed by atoms with Gasteiger partial charge in [-0.15, -0.1) is 0 Å². The number of nitrogens with two attached hydrogens (primary N) is 1. The van der Waals surface area contributed by atoms with Gasteiger partial charge in [-0.05, 0) is 54.0 Å². The zero-order chi connectivity index (χ0) is 20.3. The number of hydrogen-bond donors (Lipinski definition) is 3. The van der Waals surface area contributed by atoms with Crippen LogP contribution in [-0.2, 0) is 17.6 Å². The second-order valence-corrected chi connectivity index (χ2v) is 7.29. The molecule has 3 aromatic rings. The summed E-state index contributed by atoms with van der Waals surface area (Å²) in [7, 11) is 0. The Morgan fingerprint density at radius 2 is 1.48 bits per heavy atom. The molecule has 0 spiro atoms. The topological polar surface area (TPSA) is 67.2 Å². The van der Waals surface area contributed by atoms with E-state index in [0.29, 0.717) is 12.3 Å². The van der Waals surface area contributed by atoms with Crippen LogP contribution in [-0.4, -0.2) is 12.5 Å². The number of rotatable bonds is 10. The van der Waals surface area contributed by atoms with Crippen molar-refractivity contribution >= 4 is 11.6 Å². The maximum Gasteiger partial charge on any atom is 0.224 e. The van der Waals surface area contributed by atoms with Gasteiger partial charge >= 0.3 is 0 Å². The molecule has 0 aliphatic heterocycles. The van der Waals surface area contributed by atoms with Gasteiger partial charge in [-0.25, -0.2) is 0 Å². The Hall–Kier alpha value is -2.95. The van der Waals surface area contributed by atoms with Crippen molar-refractivity contribution in [2.75, 3.05) is 11.9 Å². The molecule has 4 N–H and O–H groups in total. The first kappa shape index (κ1) is 20.8. The average molecular weight is 388 g/mol. The third kappa shape index (κ3) is 6.86. The van der Waals surface area contributed by atoms with Crippen molar-refractivity contribution in [3.05, 3.63) is 102 Å². The van der Waals surface area contributed by atoms with E-state index in [0.717, 1.165) is 31.5 Å². The lowest BCUT2D eigenvalue weighted by Crippen LogP contribution is -2.24. The minimum atomic E-state index is 0.0513. The number of amides is 1. The summed E-state index contributed by atoms with van der Waals surface area (Å²) in [6.45, 7) is 0.730. The van der Waals surface area contributed by atoms with Crippen LogP contribution < -0.4 is 16.6 Å². The lowest BCUT2D eigenvalue weighted by atomic mass is 9.88. The summed E-state index contributed by atoms with van der Waals surface area (Å²) in [6, 6.07) is 28.9. The zero-order valence-electron chi connectivity index (χ0n) is 16.7. The fourth-order valence-electron chi connectivity index (χ4n) is 3.51. The van der Waals surface area contributed by atoms with Crippen molar-refractivity contribution in [1.29, 1.82) is 0 Å². The van der Waals surface area contributed by atoms with Gasteiger partial charge in [0.25, 0.3) is 0 Å². The molecule has 0 radical (unpaired) electrons. The molecule has 0 heterocycles. The lowest BCUT2D eigenvalue weighted by Gasteiger charge is -2.18. The van der Waals surface area contributed by atoms with Crippen molar-refractivity contribution in [1.82, 2.24) is 5.43 Å². The van der Waals surface area contributed by atoms with E-state index in [1.54, 1.807) is 0 Å². The smallest absolute Gasteiger partial charge is 0.224 e. The predicted molar refractivity (Wildman–Crippen MR) is 120 cm³/mol. The maximum absolute atomic E-state index is 12.5. The first-order valence-electron chi connectivity index (χ1n) is 10.2. The molecule has 1 unspecified atom stereocenters. The molecule has 4 nitrogen and oxygen atoms in total. The number of anilines is 1. The third-order valence-electron chi connectivity index (χ3n) is 5.11. The van der Waals surface area contributed by atoms with Crippen LogP contribution in [0.1, 0.15) is 35.4 Å². The van der Waals surface area contributed by atoms with E-state index in [4.69, 9.17) is 5.84 Å². The Bertz CT molecular complexity index is 864. The predicted octanol–water partition coefficient (Wildman–Crippen LogP) is 4.44. The SMILES string of the molecule is NNCCc1ccc(NC(=O)CCC(Cc2ccccc2)c2ccccc2)cc1. The molecule has 4 heteroatoms. The summed E-state index contributed by atoms with van der Waals surface area (Å²) < 4.78 is 0. The summed E-state index contributed by atoms with van der Waals surface area (Å²) in [5.74, 6) is 5.68. The van der Waals surface area contributed by atoms with E-state index in [-0.39, 0.29) is 5.91 Å². The van der Waals surface area contributed by atoms with Crippen LogP contribution in [0.15, 0.2) is 84.9 Å². The molecule has 3 rings (SSSR count). The summed E-state index contributed by atoms with van der Waals surface area (Å²) >= 11 is 0. The van der Waals surface area contributed by atoms with E-state index in [1.165, 1.54) is 16.7 Å². The highest BCUT2D eigenvalue weighted by molar-refractivity contribution is 5.90. The second kappa shape index (κ2) is 11.1. The Kier molecular flexibility index (Phi) is 7.99. The summed E-state index contributed by atoms with van der Waals surface area (Å²) in [4.78, 5) is 12.5. The highest BCUT2D eigenvalue weighted by atomic mass is 16.1. The Labute approximate surface area is 173 Å². The summed E-state index contributed by atoms with van der Waals surface area (Å²) in [5, 5.41) is 3.02. The number of hydrazine groups is 1. The molecule has 3 aromatic carbocycles. The fraction of sp³-hybridized carbons (Fsp3) is 0.240. The van der Waals surface area contributed by atoms with Gasteiger partial charge in [-0.3, -0.25) is 16.1 Å². The first-order valence-corrected chi connectivity index (χ1v) is 10.2. The largest absolute Gasteiger partial charge is 0.326 e. The molecule has 150 valence electrons. The first-order chi connectivity index (χ1) is 14.2. The second-order valence-electron chi connectivity index (χ2n) is 7.29. The van der Waals surface area contributed by atoms with Crippen molar-refractivity contribution in [2.24, 2.45) is 5.84 Å². The van der Waals surface area contributed by atoms with Gasteiger partial charge in [0.15, 0.2) is 0 Å². The van der Waals surface area contributed by atoms with Crippen LogP contribution in [0.3, 0.4) is 0 Å². The van der Waals surface area contributed by atoms with Crippen molar-refractivity contribution in [3.63, 3.8) is 0 Å². The van der Waals surface area contributed by atoms with Crippen LogP contribution in [0.4, 0.5) is 5.69 Å². The molecule has 0 fully saturated rings. The van der Waals surface area contributed by atoms with Gasteiger partial charge in [0.1, 0.15) is 0 Å². The minimum absolute atomic E-state index is 0.0513. The molecular weight excluding hydrogens is 358 g/mol. The molecule has 0 aliphatic rings. The molecule has 0 saturated carbocycles. The zero-order valence-corrected chi connectivity index (χ0v) is 16.7. The highest BCUT2D eigenvalue weighted by Gasteiger charge is 2.14. The molecule has 29 heavy (non-hydrogen) atoms. The molecule has 0 aromatic heterocycles. The minimum Gasteiger partial charge on any atom is -0.326 e. The van der Waals surface area contributed by atoms with Crippen molar-refractivity contribution in [3.8, 4) is 0 Å². The van der Waals surface area contributed by atoms with Crippen molar-refractivity contribution < 1.29 is 4.79 Å². The molecule has 1 amide bonds. The van der Waals surface area contributed by atoms with Crippen LogP contribution in [0.2, 0.25) is 0 Å². The van der Waals surface area contributed by atoms with Crippen LogP contribution >= 0.6 is 0 Å². The maximum atomic E-state index is 12.5. The Morgan fingerprint density at radius 3 is 2.14 bits per heavy atom. The van der Waals surface area contributed by atoms with Gasteiger partial charge in [0.2, 0.25) is 5.91 Å². The molecular formula is C25H29N3O. The number of benzene rings is 3. The quantitative estimate of drug-likeness (QED) is 0.356. The molecule has 1 atom stereocenters. The van der Waals surface area contributed by atoms with E-state index in [1.807, 2.05) is 36.4 Å². The van der Waals surface area contributed by atoms with E-state index in [2.05, 4.69) is 59.3 Å². The van der Waals surface area contributed by atoms with Gasteiger partial charge in [0, 0.05) is 18.7 Å². The number of carbonyl (C=O) groups excluding carboxylic acids is 1. The van der Waals surface area contributed by atoms with Gasteiger partial charge in [-0.1, -0.05) is 72.8 Å². The summed E-state index contributed by atoms with van der Waals surface area (Å²) in [5.41, 5.74) is 7.25. The van der Waals surface area contributed by atoms with E-state index >= 15 is 0 Å². The number of hydrogen-bond acceptors (Lipinski definition) is 3. The van der Waals surface area contributed by atoms with Gasteiger partial charge in [0.05, 0.1) is 0 Å². The number of nitrogens with one attached hydrogen (secondary N) is 2. The van der Waals surface area contributed by atoms with Crippen LogP contribution in [0.25, 0.3) is 0 Å². The van der Waals surface area contributed by atoms with Crippen molar-refractivity contribution in [2.45, 2.75) is 31.6 Å². The Morgan fingerprint density at radius 1 is 0.828 bits per heavy atom. The van der Waals surface area contributed by atoms with E-state index < -0.39 is 0 Å². The normalized spacial score (nSPS) is 11.8. The monoisotopic (exact) mass is 387 g/mol. The van der Waals surface area contributed by atoms with Gasteiger partial charge < -0.3 is 5.32 Å². The average Bonchev–Trinajstić information content (AvgIpc) is 2.77. The summed E-state index contributed by atoms with van der Waals surface area (Å²) in [6.07, 6.45) is 3.10. The fourth-order valence-corrected chi connectivity index (χ4v) is 3.51. The Balaban J connectivity index is 1.57. The third-order valence-corrected chi connectivity index (χ3v) is 5.11. The molecule has 0 saturated heterocycles. The number of carbonyl (C=O) groups is 1. The lowest BCUT2D eigenvalue weighted by molar-refractivity contribution is -0.116. The molecule has 0 bridgehead atoms. The van der Waals surface area contributed by atoms with Crippen LogP contribution in [0, 0.1) is 0 Å². The van der Waals surface area contributed by atoms with Gasteiger partial charge in [-0.2, -0.15) is 0 Å².